The van der Waals surface area contributed by atoms with Gasteiger partial charge in [0.05, 0.1) is 29.0 Å². The van der Waals surface area contributed by atoms with Crippen molar-refractivity contribution in [3.05, 3.63) is 63.8 Å². The summed E-state index contributed by atoms with van der Waals surface area (Å²) in [7, 11) is 0. The molecular formula is C21H20N6O. The van der Waals surface area contributed by atoms with Gasteiger partial charge < -0.3 is 10.3 Å². The molecule has 3 aromatic rings. The first-order valence-corrected chi connectivity index (χ1v) is 9.55. The zero-order valence-corrected chi connectivity index (χ0v) is 15.4. The Balaban J connectivity index is 1.21. The van der Waals surface area contributed by atoms with Crippen molar-refractivity contribution >= 4 is 16.7 Å². The Kier molecular flexibility index (Phi) is 4.06. The molecule has 1 saturated carbocycles. The second kappa shape index (κ2) is 6.73. The van der Waals surface area contributed by atoms with Crippen molar-refractivity contribution in [2.45, 2.75) is 31.3 Å². The molecule has 2 aliphatic rings. The van der Waals surface area contributed by atoms with Crippen LogP contribution in [0.5, 0.6) is 0 Å². The summed E-state index contributed by atoms with van der Waals surface area (Å²) in [4.78, 5) is 26.2. The van der Waals surface area contributed by atoms with Crippen molar-refractivity contribution in [2.24, 2.45) is 0 Å². The number of nitrogens with zero attached hydrogens (tertiary/aromatic N) is 4. The number of hydrogen-bond acceptors (Lipinski definition) is 6. The molecule has 1 aliphatic carbocycles. The fourth-order valence-electron chi connectivity index (χ4n) is 3.75. The zero-order valence-electron chi connectivity index (χ0n) is 15.4. The number of pyridine rings is 3. The van der Waals surface area contributed by atoms with Gasteiger partial charge in [0.15, 0.2) is 0 Å². The number of H-pyrrole nitrogens is 1. The van der Waals surface area contributed by atoms with Crippen molar-refractivity contribution < 1.29 is 0 Å². The molecule has 7 nitrogen and oxygen atoms in total. The Bertz CT molecular complexity index is 1120. The Hall–Kier alpha value is -3.24. The van der Waals surface area contributed by atoms with E-state index in [1.165, 1.54) is 0 Å². The summed E-state index contributed by atoms with van der Waals surface area (Å²) >= 11 is 0. The summed E-state index contributed by atoms with van der Waals surface area (Å²) in [6, 6.07) is 9.97. The standard InChI is InChI=1S/C21H20N6O/c22-7-15-3-4-16(9-23-15)25-17-11-27(12-17)10-13-5-20-19(24-8-13)6-18(14-1-2-14)21(28)26-20/h3-6,8-9,14,17,25H,1-2,10-12H2,(H,26,28). The average molecular weight is 372 g/mol. The van der Waals surface area contributed by atoms with Crippen LogP contribution in [0.1, 0.15) is 35.6 Å². The molecule has 2 fully saturated rings. The van der Waals surface area contributed by atoms with Crippen LogP contribution in [-0.2, 0) is 6.54 Å². The predicted molar refractivity (Wildman–Crippen MR) is 106 cm³/mol. The van der Waals surface area contributed by atoms with Crippen LogP contribution in [0.4, 0.5) is 5.69 Å². The molecule has 0 unspecified atom stereocenters. The van der Waals surface area contributed by atoms with Crippen molar-refractivity contribution in [3.8, 4) is 6.07 Å². The maximum atomic E-state index is 12.2. The van der Waals surface area contributed by atoms with Gasteiger partial charge in [-0.2, -0.15) is 5.26 Å². The molecule has 5 rings (SSSR count). The number of nitriles is 1. The summed E-state index contributed by atoms with van der Waals surface area (Å²) in [6.07, 6.45) is 5.81. The first-order chi connectivity index (χ1) is 13.7. The highest BCUT2D eigenvalue weighted by atomic mass is 16.1. The van der Waals surface area contributed by atoms with Crippen molar-refractivity contribution in [3.63, 3.8) is 0 Å². The second-order valence-corrected chi connectivity index (χ2v) is 7.68. The molecule has 0 spiro atoms. The third kappa shape index (κ3) is 3.35. The fourth-order valence-corrected chi connectivity index (χ4v) is 3.75. The number of rotatable bonds is 5. The highest BCUT2D eigenvalue weighted by Gasteiger charge is 2.28. The van der Waals surface area contributed by atoms with Gasteiger partial charge in [0.25, 0.3) is 5.56 Å². The first-order valence-electron chi connectivity index (χ1n) is 9.55. The third-order valence-electron chi connectivity index (χ3n) is 5.41. The van der Waals surface area contributed by atoms with Crippen LogP contribution in [0, 0.1) is 11.3 Å². The molecule has 0 aromatic carbocycles. The molecule has 7 heteroatoms. The number of anilines is 1. The monoisotopic (exact) mass is 372 g/mol. The average Bonchev–Trinajstić information content (AvgIpc) is 3.51. The molecular weight excluding hydrogens is 352 g/mol. The highest BCUT2D eigenvalue weighted by molar-refractivity contribution is 5.75. The van der Waals surface area contributed by atoms with Crippen LogP contribution in [0.25, 0.3) is 11.0 Å². The van der Waals surface area contributed by atoms with E-state index in [0.29, 0.717) is 17.7 Å². The van der Waals surface area contributed by atoms with Gasteiger partial charge in [0.2, 0.25) is 0 Å². The second-order valence-electron chi connectivity index (χ2n) is 7.68. The van der Waals surface area contributed by atoms with Gasteiger partial charge >= 0.3 is 0 Å². The maximum absolute atomic E-state index is 12.2. The van der Waals surface area contributed by atoms with E-state index in [1.54, 1.807) is 12.3 Å². The van der Waals surface area contributed by atoms with Crippen molar-refractivity contribution in [2.75, 3.05) is 18.4 Å². The SMILES string of the molecule is N#Cc1ccc(NC2CN(Cc3cnc4cc(C5CC5)c(=O)[nH]c4c3)C2)cn1. The number of hydrogen-bond donors (Lipinski definition) is 2. The zero-order chi connectivity index (χ0) is 19.1. The van der Waals surface area contributed by atoms with Crippen molar-refractivity contribution in [1.29, 1.82) is 5.26 Å². The van der Waals surface area contributed by atoms with Gasteiger partial charge in [0, 0.05) is 31.4 Å². The lowest BCUT2D eigenvalue weighted by atomic mass is 10.1. The predicted octanol–water partition coefficient (Wildman–Crippen LogP) is 2.36. The van der Waals surface area contributed by atoms with Crippen LogP contribution in [0.3, 0.4) is 0 Å². The highest BCUT2D eigenvalue weighted by Crippen LogP contribution is 2.38. The van der Waals surface area contributed by atoms with E-state index in [0.717, 1.165) is 60.3 Å². The van der Waals surface area contributed by atoms with E-state index >= 15 is 0 Å². The number of nitrogens with one attached hydrogen (secondary N) is 2. The lowest BCUT2D eigenvalue weighted by Crippen LogP contribution is -2.54. The lowest BCUT2D eigenvalue weighted by molar-refractivity contribution is 0.153. The Labute approximate surface area is 162 Å². The van der Waals surface area contributed by atoms with Crippen LogP contribution >= 0.6 is 0 Å². The minimum Gasteiger partial charge on any atom is -0.378 e. The Morgan fingerprint density at radius 1 is 1.21 bits per heavy atom. The van der Waals surface area contributed by atoms with Crippen LogP contribution in [-0.4, -0.2) is 39.0 Å². The maximum Gasteiger partial charge on any atom is 0.252 e. The number of aromatic amines is 1. The van der Waals surface area contributed by atoms with Gasteiger partial charge in [-0.05, 0) is 48.6 Å². The number of likely N-dealkylation sites (tertiary alicyclic amines) is 1. The summed E-state index contributed by atoms with van der Waals surface area (Å²) in [5.41, 5.74) is 5.03. The summed E-state index contributed by atoms with van der Waals surface area (Å²) in [5.74, 6) is 0.423. The molecule has 3 aromatic heterocycles. The van der Waals surface area contributed by atoms with Gasteiger partial charge in [0.1, 0.15) is 11.8 Å². The van der Waals surface area contributed by atoms with Gasteiger partial charge in [-0.15, -0.1) is 0 Å². The van der Waals surface area contributed by atoms with Crippen molar-refractivity contribution in [1.82, 2.24) is 19.9 Å². The van der Waals surface area contributed by atoms with E-state index in [-0.39, 0.29) is 5.56 Å². The van der Waals surface area contributed by atoms with Crippen LogP contribution < -0.4 is 10.9 Å². The topological polar surface area (TPSA) is 97.7 Å². The van der Waals surface area contributed by atoms with E-state index < -0.39 is 0 Å². The molecule has 2 N–H and O–H groups in total. The van der Waals surface area contributed by atoms with E-state index in [4.69, 9.17) is 5.26 Å². The Morgan fingerprint density at radius 3 is 2.79 bits per heavy atom. The smallest absolute Gasteiger partial charge is 0.252 e. The number of aromatic nitrogens is 3. The normalized spacial score (nSPS) is 17.2. The third-order valence-corrected chi connectivity index (χ3v) is 5.41. The number of fused-ring (bicyclic) bond motifs is 1. The molecule has 0 bridgehead atoms. The van der Waals surface area contributed by atoms with Gasteiger partial charge in [-0.25, -0.2) is 4.98 Å². The minimum atomic E-state index is 0.0261. The molecule has 0 atom stereocenters. The Morgan fingerprint density at radius 2 is 2.07 bits per heavy atom. The summed E-state index contributed by atoms with van der Waals surface area (Å²) in [6.45, 7) is 2.66. The molecule has 140 valence electrons. The largest absolute Gasteiger partial charge is 0.378 e. The van der Waals surface area contributed by atoms with E-state index in [9.17, 15) is 4.79 Å². The summed E-state index contributed by atoms with van der Waals surface area (Å²) < 4.78 is 0. The lowest BCUT2D eigenvalue weighted by Gasteiger charge is -2.40. The van der Waals surface area contributed by atoms with Crippen LogP contribution in [0.15, 0.2) is 41.5 Å². The first kappa shape index (κ1) is 16.9. The fraction of sp³-hybridized carbons (Fsp3) is 0.333. The van der Waals surface area contributed by atoms with E-state index in [1.807, 2.05) is 30.5 Å². The van der Waals surface area contributed by atoms with Crippen LogP contribution in [0.2, 0.25) is 0 Å². The minimum absolute atomic E-state index is 0.0261. The van der Waals surface area contributed by atoms with E-state index in [2.05, 4.69) is 25.2 Å². The quantitative estimate of drug-likeness (QED) is 0.714. The molecule has 1 aliphatic heterocycles. The summed E-state index contributed by atoms with van der Waals surface area (Å²) in [5, 5.41) is 12.2. The molecule has 0 amide bonds. The van der Waals surface area contributed by atoms with Gasteiger partial charge in [-0.1, -0.05) is 0 Å². The van der Waals surface area contributed by atoms with Gasteiger partial charge in [-0.3, -0.25) is 14.7 Å². The molecule has 4 heterocycles. The molecule has 1 saturated heterocycles. The molecule has 0 radical (unpaired) electrons. The molecule has 28 heavy (non-hydrogen) atoms.